The number of aromatic amines is 1. The summed E-state index contributed by atoms with van der Waals surface area (Å²) in [5, 5.41) is 3.33. The van der Waals surface area contributed by atoms with Crippen LogP contribution >= 0.6 is 0 Å². The minimum absolute atomic E-state index is 0.0148. The molecule has 1 spiro atoms. The van der Waals surface area contributed by atoms with Gasteiger partial charge in [0.2, 0.25) is 0 Å². The summed E-state index contributed by atoms with van der Waals surface area (Å²) in [6.45, 7) is 1.66. The first-order chi connectivity index (χ1) is 6.77. The van der Waals surface area contributed by atoms with Crippen molar-refractivity contribution in [1.82, 2.24) is 10.3 Å². The summed E-state index contributed by atoms with van der Waals surface area (Å²) in [6.07, 6.45) is 3.91. The van der Waals surface area contributed by atoms with Gasteiger partial charge in [-0.25, -0.2) is 0 Å². The first kappa shape index (κ1) is 8.05. The van der Waals surface area contributed by atoms with E-state index in [9.17, 15) is 4.79 Å². The summed E-state index contributed by atoms with van der Waals surface area (Å²) in [5.41, 5.74) is 0.925. The minimum atomic E-state index is -0.0959. The van der Waals surface area contributed by atoms with E-state index in [1.807, 2.05) is 0 Å². The molecule has 74 valence electrons. The van der Waals surface area contributed by atoms with Crippen LogP contribution in [-0.4, -0.2) is 17.1 Å². The molecule has 1 aliphatic carbocycles. The van der Waals surface area contributed by atoms with E-state index in [4.69, 9.17) is 4.74 Å². The van der Waals surface area contributed by atoms with Crippen LogP contribution in [0.25, 0.3) is 0 Å². The van der Waals surface area contributed by atoms with Gasteiger partial charge in [-0.1, -0.05) is 0 Å². The maximum atomic E-state index is 11.1. The number of ether oxygens (including phenoxy) is 1. The Bertz CT molecular complexity index is 420. The molecule has 0 radical (unpaired) electrons. The first-order valence-corrected chi connectivity index (χ1v) is 4.89. The molecule has 0 aromatic carbocycles. The smallest absolute Gasteiger partial charge is 0.251 e. The molecule has 0 amide bonds. The van der Waals surface area contributed by atoms with E-state index >= 15 is 0 Å². The van der Waals surface area contributed by atoms with Crippen molar-refractivity contribution in [3.63, 3.8) is 0 Å². The van der Waals surface area contributed by atoms with E-state index in [1.165, 1.54) is 0 Å². The van der Waals surface area contributed by atoms with Crippen LogP contribution in [0.4, 0.5) is 0 Å². The zero-order valence-corrected chi connectivity index (χ0v) is 7.80. The zero-order valence-electron chi connectivity index (χ0n) is 7.80. The third-order valence-electron chi connectivity index (χ3n) is 2.86. The van der Waals surface area contributed by atoms with Gasteiger partial charge in [0.15, 0.2) is 0 Å². The van der Waals surface area contributed by atoms with Gasteiger partial charge in [-0.2, -0.15) is 0 Å². The van der Waals surface area contributed by atoms with Crippen molar-refractivity contribution < 1.29 is 4.74 Å². The Morgan fingerprint density at radius 2 is 2.29 bits per heavy atom. The Kier molecular flexibility index (Phi) is 1.50. The normalized spacial score (nSPS) is 22.3. The van der Waals surface area contributed by atoms with Gasteiger partial charge in [0.1, 0.15) is 11.4 Å². The number of aromatic nitrogens is 1. The maximum Gasteiger partial charge on any atom is 0.251 e. The molecule has 0 bridgehead atoms. The third kappa shape index (κ3) is 1.23. The fraction of sp³-hybridized carbons (Fsp3) is 0.500. The van der Waals surface area contributed by atoms with Crippen LogP contribution in [0, 0.1) is 0 Å². The van der Waals surface area contributed by atoms with Crippen molar-refractivity contribution in [2.24, 2.45) is 0 Å². The van der Waals surface area contributed by atoms with E-state index in [2.05, 4.69) is 10.3 Å². The molecule has 0 unspecified atom stereocenters. The van der Waals surface area contributed by atoms with Gasteiger partial charge in [0.25, 0.3) is 5.56 Å². The highest BCUT2D eigenvalue weighted by Gasteiger charge is 2.46. The summed E-state index contributed by atoms with van der Waals surface area (Å²) < 4.78 is 5.85. The largest absolute Gasteiger partial charge is 0.485 e. The SMILES string of the molecule is O=c1cc2c(c[nH]1)CNCC1(CC1)O2. The van der Waals surface area contributed by atoms with Crippen molar-refractivity contribution in [2.75, 3.05) is 6.54 Å². The molecule has 0 saturated heterocycles. The first-order valence-electron chi connectivity index (χ1n) is 4.89. The predicted molar refractivity (Wildman–Crippen MR) is 51.4 cm³/mol. The molecule has 2 N–H and O–H groups in total. The second-order valence-electron chi connectivity index (χ2n) is 4.08. The van der Waals surface area contributed by atoms with Gasteiger partial charge in [0.05, 0.1) is 0 Å². The van der Waals surface area contributed by atoms with Crippen LogP contribution in [0.1, 0.15) is 18.4 Å². The number of fused-ring (bicyclic) bond motifs is 1. The van der Waals surface area contributed by atoms with E-state index in [0.29, 0.717) is 0 Å². The Labute approximate surface area is 81.3 Å². The van der Waals surface area contributed by atoms with E-state index in [-0.39, 0.29) is 11.2 Å². The molecule has 1 saturated carbocycles. The van der Waals surface area contributed by atoms with E-state index < -0.39 is 0 Å². The summed E-state index contributed by atoms with van der Waals surface area (Å²) in [7, 11) is 0. The highest BCUT2D eigenvalue weighted by molar-refractivity contribution is 5.32. The standard InChI is InChI=1S/C10H12N2O2/c13-9-3-8-7(5-12-9)4-11-6-10(14-8)1-2-10/h3,5,11H,1-2,4,6H2,(H,12,13). The summed E-state index contributed by atoms with van der Waals surface area (Å²) in [5.74, 6) is 0.747. The van der Waals surface area contributed by atoms with Crippen LogP contribution in [0.15, 0.2) is 17.1 Å². The highest BCUT2D eigenvalue weighted by atomic mass is 16.5. The van der Waals surface area contributed by atoms with Crippen molar-refractivity contribution >= 4 is 0 Å². The summed E-state index contributed by atoms with van der Waals surface area (Å²) in [6, 6.07) is 1.54. The number of hydrogen-bond donors (Lipinski definition) is 2. The van der Waals surface area contributed by atoms with Gasteiger partial charge in [-0.3, -0.25) is 4.79 Å². The van der Waals surface area contributed by atoms with Crippen molar-refractivity contribution in [2.45, 2.75) is 25.0 Å². The van der Waals surface area contributed by atoms with E-state index in [0.717, 1.165) is 37.2 Å². The molecule has 2 aliphatic rings. The zero-order chi connectivity index (χ0) is 9.60. The average Bonchev–Trinajstić information content (AvgIpc) is 2.92. The number of H-pyrrole nitrogens is 1. The fourth-order valence-electron chi connectivity index (χ4n) is 1.83. The van der Waals surface area contributed by atoms with Gasteiger partial charge >= 0.3 is 0 Å². The third-order valence-corrected chi connectivity index (χ3v) is 2.86. The average molecular weight is 192 g/mol. The topological polar surface area (TPSA) is 54.1 Å². The highest BCUT2D eigenvalue weighted by Crippen LogP contribution is 2.41. The monoisotopic (exact) mass is 192 g/mol. The van der Waals surface area contributed by atoms with Crippen molar-refractivity contribution in [3.8, 4) is 5.75 Å². The second kappa shape index (κ2) is 2.60. The molecule has 4 nitrogen and oxygen atoms in total. The van der Waals surface area contributed by atoms with Crippen molar-refractivity contribution in [3.05, 3.63) is 28.2 Å². The molecule has 4 heteroatoms. The van der Waals surface area contributed by atoms with Crippen molar-refractivity contribution in [1.29, 1.82) is 0 Å². The van der Waals surface area contributed by atoms with Crippen LogP contribution in [0.5, 0.6) is 5.75 Å². The molecule has 1 aliphatic heterocycles. The quantitative estimate of drug-likeness (QED) is 0.625. The predicted octanol–water partition coefficient (Wildman–Crippen LogP) is 0.389. The lowest BCUT2D eigenvalue weighted by atomic mass is 10.2. The second-order valence-corrected chi connectivity index (χ2v) is 4.08. The Balaban J connectivity index is 2.04. The molecule has 1 aromatic heterocycles. The van der Waals surface area contributed by atoms with E-state index in [1.54, 1.807) is 12.3 Å². The Hall–Kier alpha value is -1.29. The molecule has 1 fully saturated rings. The summed E-state index contributed by atoms with van der Waals surface area (Å²) in [4.78, 5) is 13.8. The lowest BCUT2D eigenvalue weighted by Gasteiger charge is -2.14. The minimum Gasteiger partial charge on any atom is -0.485 e. The van der Waals surface area contributed by atoms with Crippen LogP contribution in [0.3, 0.4) is 0 Å². The number of hydrogen-bond acceptors (Lipinski definition) is 3. The summed E-state index contributed by atoms with van der Waals surface area (Å²) >= 11 is 0. The molecule has 0 atom stereocenters. The Morgan fingerprint density at radius 1 is 1.43 bits per heavy atom. The molecular weight excluding hydrogens is 180 g/mol. The van der Waals surface area contributed by atoms with Gasteiger partial charge in [-0.15, -0.1) is 0 Å². The molecule has 1 aromatic rings. The lowest BCUT2D eigenvalue weighted by molar-refractivity contribution is 0.183. The van der Waals surface area contributed by atoms with Gasteiger partial charge < -0.3 is 15.0 Å². The number of nitrogens with one attached hydrogen (secondary N) is 2. The fourth-order valence-corrected chi connectivity index (χ4v) is 1.83. The van der Waals surface area contributed by atoms with Crippen LogP contribution < -0.4 is 15.6 Å². The molecule has 14 heavy (non-hydrogen) atoms. The molecule has 2 heterocycles. The van der Waals surface area contributed by atoms with Gasteiger partial charge in [0, 0.05) is 30.9 Å². The molecular formula is C10H12N2O2. The maximum absolute atomic E-state index is 11.1. The molecule has 3 rings (SSSR count). The number of pyridine rings is 1. The lowest BCUT2D eigenvalue weighted by Crippen LogP contribution is -2.30. The van der Waals surface area contributed by atoms with Crippen LogP contribution in [-0.2, 0) is 6.54 Å². The van der Waals surface area contributed by atoms with Gasteiger partial charge in [-0.05, 0) is 12.8 Å². The Morgan fingerprint density at radius 3 is 3.07 bits per heavy atom. The van der Waals surface area contributed by atoms with Crippen LogP contribution in [0.2, 0.25) is 0 Å². The number of rotatable bonds is 0.